The zero-order valence-electron chi connectivity index (χ0n) is 9.90. The molecule has 0 saturated heterocycles. The van der Waals surface area contributed by atoms with Gasteiger partial charge in [-0.15, -0.1) is 16.9 Å². The summed E-state index contributed by atoms with van der Waals surface area (Å²) >= 11 is 5.88. The number of phenolic OH excluding ortho intramolecular Hbond substituents is 1. The summed E-state index contributed by atoms with van der Waals surface area (Å²) in [4.78, 5) is 11.7. The molecule has 2 N–H and O–H groups in total. The standard InChI is InChI=1S/C11H15ClN2O2.ClH/c1-11(2,3)14(12)13-10(16)8-4-6-9(15)7-5-8;/h4-7,15H,1-3H3,(H,13,16);1H. The van der Waals surface area contributed by atoms with Gasteiger partial charge in [0.25, 0.3) is 5.91 Å². The first-order valence-corrected chi connectivity index (χ1v) is 5.20. The monoisotopic (exact) mass is 278 g/mol. The molecule has 0 fully saturated rings. The number of benzene rings is 1. The number of rotatable bonds is 2. The van der Waals surface area contributed by atoms with Gasteiger partial charge in [-0.25, -0.2) is 0 Å². The van der Waals surface area contributed by atoms with E-state index in [0.717, 1.165) is 0 Å². The van der Waals surface area contributed by atoms with Crippen LogP contribution in [-0.2, 0) is 0 Å². The summed E-state index contributed by atoms with van der Waals surface area (Å²) in [5, 5.41) is 9.08. The molecule has 0 atom stereocenters. The van der Waals surface area contributed by atoms with Gasteiger partial charge < -0.3 is 5.11 Å². The van der Waals surface area contributed by atoms with Crippen molar-refractivity contribution < 1.29 is 9.90 Å². The Labute approximate surface area is 112 Å². The number of hydrogen-bond donors (Lipinski definition) is 2. The molecule has 1 aromatic carbocycles. The molecule has 1 amide bonds. The van der Waals surface area contributed by atoms with Crippen molar-refractivity contribution in [2.75, 3.05) is 0 Å². The molecule has 0 aliphatic rings. The van der Waals surface area contributed by atoms with Crippen LogP contribution in [0, 0.1) is 0 Å². The van der Waals surface area contributed by atoms with Crippen LogP contribution in [0.25, 0.3) is 0 Å². The van der Waals surface area contributed by atoms with Crippen LogP contribution in [-0.4, -0.2) is 21.1 Å². The van der Waals surface area contributed by atoms with Crippen LogP contribution in [0.5, 0.6) is 5.75 Å². The maximum Gasteiger partial charge on any atom is 0.266 e. The Bertz CT molecular complexity index is 374. The van der Waals surface area contributed by atoms with Gasteiger partial charge in [0.05, 0.1) is 0 Å². The van der Waals surface area contributed by atoms with Crippen LogP contribution >= 0.6 is 24.2 Å². The lowest BCUT2D eigenvalue weighted by molar-refractivity contribution is 0.0806. The number of carbonyl (C=O) groups excluding carboxylic acids is 1. The predicted molar refractivity (Wildman–Crippen MR) is 70.3 cm³/mol. The van der Waals surface area contributed by atoms with E-state index in [2.05, 4.69) is 5.43 Å². The van der Waals surface area contributed by atoms with E-state index in [9.17, 15) is 4.79 Å². The molecule has 17 heavy (non-hydrogen) atoms. The molecule has 0 heterocycles. The average Bonchev–Trinajstić information content (AvgIpc) is 2.17. The summed E-state index contributed by atoms with van der Waals surface area (Å²) in [5.41, 5.74) is 2.60. The minimum atomic E-state index is -0.367. The maximum absolute atomic E-state index is 11.7. The van der Waals surface area contributed by atoms with Crippen molar-refractivity contribution in [2.24, 2.45) is 0 Å². The Balaban J connectivity index is 0.00000256. The van der Waals surface area contributed by atoms with Crippen LogP contribution < -0.4 is 5.43 Å². The fourth-order valence-electron chi connectivity index (χ4n) is 0.934. The number of hydrazine groups is 1. The molecule has 0 spiro atoms. The number of nitrogens with one attached hydrogen (secondary N) is 1. The molecule has 0 aliphatic carbocycles. The highest BCUT2D eigenvalue weighted by Crippen LogP contribution is 2.14. The van der Waals surface area contributed by atoms with Crippen LogP contribution in [0.1, 0.15) is 31.1 Å². The molecule has 0 unspecified atom stereocenters. The van der Waals surface area contributed by atoms with Gasteiger partial charge in [-0.1, -0.05) is 0 Å². The molecule has 0 saturated carbocycles. The minimum Gasteiger partial charge on any atom is -0.508 e. The number of amides is 1. The fraction of sp³-hybridized carbons (Fsp3) is 0.364. The van der Waals surface area contributed by atoms with E-state index in [1.807, 2.05) is 20.8 Å². The number of hydrogen-bond acceptors (Lipinski definition) is 3. The summed E-state index contributed by atoms with van der Waals surface area (Å²) in [6.45, 7) is 5.62. The van der Waals surface area contributed by atoms with Crippen LogP contribution in [0.2, 0.25) is 0 Å². The molecule has 1 rings (SSSR count). The molecule has 1 aromatic rings. The third-order valence-electron chi connectivity index (χ3n) is 1.92. The van der Waals surface area contributed by atoms with Gasteiger partial charge in [-0.2, -0.15) is 0 Å². The van der Waals surface area contributed by atoms with Crippen molar-refractivity contribution in [3.63, 3.8) is 0 Å². The topological polar surface area (TPSA) is 52.6 Å². The zero-order valence-corrected chi connectivity index (χ0v) is 11.5. The van der Waals surface area contributed by atoms with E-state index < -0.39 is 0 Å². The quantitative estimate of drug-likeness (QED) is 0.646. The summed E-state index contributed by atoms with van der Waals surface area (Å²) < 4.78 is 1.22. The van der Waals surface area contributed by atoms with Gasteiger partial charge in [0, 0.05) is 22.9 Å². The van der Waals surface area contributed by atoms with Gasteiger partial charge in [0.2, 0.25) is 0 Å². The molecule has 0 radical (unpaired) electrons. The lowest BCUT2D eigenvalue weighted by atomic mass is 10.1. The number of carbonyl (C=O) groups is 1. The summed E-state index contributed by atoms with van der Waals surface area (Å²) in [6, 6.07) is 5.95. The number of nitrogens with zero attached hydrogens (tertiary/aromatic N) is 1. The Hall–Kier alpha value is -0.970. The second-order valence-corrected chi connectivity index (χ2v) is 4.78. The van der Waals surface area contributed by atoms with E-state index in [1.165, 1.54) is 28.8 Å². The van der Waals surface area contributed by atoms with Gasteiger partial charge in [0.15, 0.2) is 0 Å². The van der Waals surface area contributed by atoms with E-state index in [4.69, 9.17) is 16.9 Å². The lowest BCUT2D eigenvalue weighted by Crippen LogP contribution is -2.46. The highest BCUT2D eigenvalue weighted by atomic mass is 35.5. The van der Waals surface area contributed by atoms with E-state index in [0.29, 0.717) is 5.56 Å². The van der Waals surface area contributed by atoms with Crippen LogP contribution in [0.3, 0.4) is 0 Å². The zero-order chi connectivity index (χ0) is 12.3. The summed E-state index contributed by atoms with van der Waals surface area (Å²) in [6.07, 6.45) is 0. The second kappa shape index (κ2) is 6.10. The number of phenols is 1. The maximum atomic E-state index is 11.7. The van der Waals surface area contributed by atoms with E-state index in [1.54, 1.807) is 0 Å². The highest BCUT2D eigenvalue weighted by Gasteiger charge is 2.21. The molecule has 96 valence electrons. The van der Waals surface area contributed by atoms with Crippen molar-refractivity contribution >= 4 is 30.1 Å². The molecular formula is C11H16Cl2N2O2. The molecule has 6 heteroatoms. The van der Waals surface area contributed by atoms with Crippen molar-refractivity contribution in [2.45, 2.75) is 26.3 Å². The first kappa shape index (κ1) is 16.0. The first-order chi connectivity index (χ1) is 7.30. The van der Waals surface area contributed by atoms with Gasteiger partial charge in [-0.3, -0.25) is 10.2 Å². The Morgan fingerprint density at radius 2 is 1.76 bits per heavy atom. The Morgan fingerprint density at radius 3 is 2.18 bits per heavy atom. The Morgan fingerprint density at radius 1 is 1.29 bits per heavy atom. The molecular weight excluding hydrogens is 263 g/mol. The third-order valence-corrected chi connectivity index (χ3v) is 2.51. The Kier molecular flexibility index (Phi) is 5.75. The molecule has 0 aromatic heterocycles. The van der Waals surface area contributed by atoms with Crippen molar-refractivity contribution in [3.05, 3.63) is 29.8 Å². The normalized spacial score (nSPS) is 10.9. The smallest absolute Gasteiger partial charge is 0.266 e. The molecule has 0 aliphatic heterocycles. The molecule has 4 nitrogen and oxygen atoms in total. The summed E-state index contributed by atoms with van der Waals surface area (Å²) in [5.74, 6) is -0.194. The number of aromatic hydroxyl groups is 1. The van der Waals surface area contributed by atoms with Crippen molar-refractivity contribution in [1.82, 2.24) is 9.95 Å². The van der Waals surface area contributed by atoms with Gasteiger partial charge >= 0.3 is 0 Å². The number of halogens is 2. The summed E-state index contributed by atoms with van der Waals surface area (Å²) in [7, 11) is 0. The van der Waals surface area contributed by atoms with E-state index >= 15 is 0 Å². The van der Waals surface area contributed by atoms with Crippen molar-refractivity contribution in [3.8, 4) is 5.75 Å². The van der Waals surface area contributed by atoms with Crippen molar-refractivity contribution in [1.29, 1.82) is 0 Å². The van der Waals surface area contributed by atoms with Crippen LogP contribution in [0.15, 0.2) is 24.3 Å². The minimum absolute atomic E-state index is 0. The largest absolute Gasteiger partial charge is 0.508 e. The first-order valence-electron chi connectivity index (χ1n) is 4.87. The second-order valence-electron chi connectivity index (χ2n) is 4.44. The lowest BCUT2D eigenvalue weighted by Gasteiger charge is -2.28. The highest BCUT2D eigenvalue weighted by molar-refractivity contribution is 6.14. The average molecular weight is 279 g/mol. The molecule has 0 bridgehead atoms. The third kappa shape index (κ3) is 4.81. The van der Waals surface area contributed by atoms with Gasteiger partial charge in [-0.05, 0) is 45.0 Å². The van der Waals surface area contributed by atoms with E-state index in [-0.39, 0.29) is 29.6 Å². The SMILES string of the molecule is CC(C)(C)N(Cl)NC(=O)c1ccc(O)cc1.Cl. The predicted octanol–water partition coefficient (Wildman–Crippen LogP) is 2.71. The fourth-order valence-corrected chi connectivity index (χ4v) is 1.01. The van der Waals surface area contributed by atoms with Gasteiger partial charge in [0.1, 0.15) is 5.75 Å². The van der Waals surface area contributed by atoms with Crippen LogP contribution in [0.4, 0.5) is 0 Å².